The topological polar surface area (TPSA) is 92.7 Å². The number of nitrogens with zero attached hydrogens (tertiary/aromatic N) is 3. The van der Waals surface area contributed by atoms with Crippen LogP contribution in [0.15, 0.2) is 16.9 Å². The quantitative estimate of drug-likeness (QED) is 0.881. The summed E-state index contributed by atoms with van der Waals surface area (Å²) in [5.74, 6) is 0.534. The zero-order valence-electron chi connectivity index (χ0n) is 13.3. The first kappa shape index (κ1) is 15.9. The van der Waals surface area contributed by atoms with Crippen molar-refractivity contribution in [1.82, 2.24) is 19.7 Å². The number of H-pyrrole nitrogens is 1. The summed E-state index contributed by atoms with van der Waals surface area (Å²) in [7, 11) is 0. The van der Waals surface area contributed by atoms with Crippen molar-refractivity contribution in [3.63, 3.8) is 0 Å². The van der Waals surface area contributed by atoms with E-state index in [1.807, 2.05) is 27.7 Å². The summed E-state index contributed by atoms with van der Waals surface area (Å²) in [6, 6.07) is 3.22. The molecule has 2 rings (SSSR count). The maximum atomic E-state index is 11.9. The minimum Gasteiger partial charge on any atom is -0.310 e. The van der Waals surface area contributed by atoms with Crippen molar-refractivity contribution in [2.24, 2.45) is 5.92 Å². The van der Waals surface area contributed by atoms with Crippen molar-refractivity contribution in [3.05, 3.63) is 33.9 Å². The van der Waals surface area contributed by atoms with Gasteiger partial charge in [0, 0.05) is 23.7 Å². The molecular formula is C15H21N5O2. The van der Waals surface area contributed by atoms with Gasteiger partial charge in [-0.2, -0.15) is 9.78 Å². The molecule has 7 nitrogen and oxygen atoms in total. The lowest BCUT2D eigenvalue weighted by atomic mass is 10.2. The third-order valence-electron chi connectivity index (χ3n) is 3.10. The summed E-state index contributed by atoms with van der Waals surface area (Å²) < 4.78 is 1.45. The van der Waals surface area contributed by atoms with E-state index in [1.165, 1.54) is 10.7 Å². The third kappa shape index (κ3) is 3.60. The summed E-state index contributed by atoms with van der Waals surface area (Å²) in [6.07, 6.45) is 1.61. The van der Waals surface area contributed by atoms with Gasteiger partial charge < -0.3 is 5.32 Å². The zero-order valence-corrected chi connectivity index (χ0v) is 13.3. The molecule has 0 saturated carbocycles. The fourth-order valence-corrected chi connectivity index (χ4v) is 2.00. The van der Waals surface area contributed by atoms with Crippen LogP contribution in [0, 0.1) is 12.8 Å². The molecule has 22 heavy (non-hydrogen) atoms. The van der Waals surface area contributed by atoms with Crippen LogP contribution in [0.3, 0.4) is 0 Å². The number of aromatic nitrogens is 4. The van der Waals surface area contributed by atoms with Crippen LogP contribution in [0.2, 0.25) is 0 Å². The Morgan fingerprint density at radius 3 is 2.77 bits per heavy atom. The van der Waals surface area contributed by atoms with Crippen molar-refractivity contribution in [1.29, 1.82) is 0 Å². The van der Waals surface area contributed by atoms with Gasteiger partial charge in [0.2, 0.25) is 11.9 Å². The number of hydrogen-bond acceptors (Lipinski definition) is 4. The fraction of sp³-hybridized carbons (Fsp3) is 0.467. The Bertz CT molecular complexity index is 730. The van der Waals surface area contributed by atoms with Gasteiger partial charge in [-0.25, -0.2) is 4.98 Å². The van der Waals surface area contributed by atoms with Crippen LogP contribution in [0.4, 0.5) is 5.82 Å². The largest absolute Gasteiger partial charge is 0.310 e. The highest BCUT2D eigenvalue weighted by Crippen LogP contribution is 2.15. The predicted octanol–water partition coefficient (Wildman–Crippen LogP) is 1.81. The van der Waals surface area contributed by atoms with Gasteiger partial charge in [-0.05, 0) is 13.3 Å². The normalized spacial score (nSPS) is 11.0. The Morgan fingerprint density at radius 1 is 1.41 bits per heavy atom. The molecule has 2 aromatic heterocycles. The van der Waals surface area contributed by atoms with Crippen molar-refractivity contribution in [2.75, 3.05) is 5.32 Å². The second-order valence-corrected chi connectivity index (χ2v) is 5.54. The van der Waals surface area contributed by atoms with E-state index in [2.05, 4.69) is 20.4 Å². The molecule has 0 bridgehead atoms. The molecule has 0 aliphatic heterocycles. The molecule has 0 radical (unpaired) electrons. The van der Waals surface area contributed by atoms with E-state index < -0.39 is 0 Å². The van der Waals surface area contributed by atoms with Gasteiger partial charge in [-0.1, -0.05) is 27.2 Å². The molecule has 0 saturated heterocycles. The standard InChI is InChI=1S/C15H21N5O2/c1-5-6-11-8-13(21)18-15(16-11)20-12(7-10(4)19-20)17-14(22)9(2)3/h7-9H,5-6H2,1-4H3,(H,17,22)(H,16,18,21). The molecule has 0 fully saturated rings. The van der Waals surface area contributed by atoms with E-state index in [1.54, 1.807) is 6.07 Å². The van der Waals surface area contributed by atoms with Crippen molar-refractivity contribution >= 4 is 11.7 Å². The van der Waals surface area contributed by atoms with Gasteiger partial charge in [0.05, 0.1) is 5.69 Å². The Hall–Kier alpha value is -2.44. The smallest absolute Gasteiger partial charge is 0.252 e. The Kier molecular flexibility index (Phi) is 4.75. The summed E-state index contributed by atoms with van der Waals surface area (Å²) in [6.45, 7) is 7.46. The maximum absolute atomic E-state index is 11.9. The zero-order chi connectivity index (χ0) is 16.3. The van der Waals surface area contributed by atoms with E-state index in [0.29, 0.717) is 23.9 Å². The summed E-state index contributed by atoms with van der Waals surface area (Å²) in [5.41, 5.74) is 1.20. The van der Waals surface area contributed by atoms with E-state index in [9.17, 15) is 9.59 Å². The molecular weight excluding hydrogens is 282 g/mol. The van der Waals surface area contributed by atoms with Gasteiger partial charge >= 0.3 is 0 Å². The Morgan fingerprint density at radius 2 is 2.14 bits per heavy atom. The summed E-state index contributed by atoms with van der Waals surface area (Å²) in [5, 5.41) is 7.10. The lowest BCUT2D eigenvalue weighted by molar-refractivity contribution is -0.118. The minimum absolute atomic E-state index is 0.117. The molecule has 0 unspecified atom stereocenters. The maximum Gasteiger partial charge on any atom is 0.252 e. The molecule has 2 aromatic rings. The monoisotopic (exact) mass is 303 g/mol. The second-order valence-electron chi connectivity index (χ2n) is 5.54. The van der Waals surface area contributed by atoms with Crippen LogP contribution in [-0.4, -0.2) is 25.7 Å². The number of hydrogen-bond donors (Lipinski definition) is 2. The second kappa shape index (κ2) is 6.55. The first-order chi connectivity index (χ1) is 10.4. The molecule has 118 valence electrons. The highest BCUT2D eigenvalue weighted by molar-refractivity contribution is 5.91. The minimum atomic E-state index is -0.234. The number of anilines is 1. The highest BCUT2D eigenvalue weighted by Gasteiger charge is 2.15. The molecule has 0 aliphatic carbocycles. The molecule has 2 N–H and O–H groups in total. The van der Waals surface area contributed by atoms with Crippen molar-refractivity contribution in [3.8, 4) is 5.95 Å². The van der Waals surface area contributed by atoms with Gasteiger partial charge in [-0.15, -0.1) is 0 Å². The molecule has 7 heteroatoms. The number of aryl methyl sites for hydroxylation is 2. The van der Waals surface area contributed by atoms with Crippen molar-refractivity contribution < 1.29 is 4.79 Å². The van der Waals surface area contributed by atoms with Gasteiger partial charge in [-0.3, -0.25) is 14.6 Å². The van der Waals surface area contributed by atoms with E-state index in [-0.39, 0.29) is 17.4 Å². The number of rotatable bonds is 5. The first-order valence-electron chi connectivity index (χ1n) is 7.39. The van der Waals surface area contributed by atoms with Gasteiger partial charge in [0.1, 0.15) is 5.82 Å². The molecule has 0 aliphatic rings. The van der Waals surface area contributed by atoms with Crippen LogP contribution < -0.4 is 10.9 Å². The van der Waals surface area contributed by atoms with E-state index in [4.69, 9.17) is 0 Å². The lowest BCUT2D eigenvalue weighted by Gasteiger charge is -2.10. The van der Waals surface area contributed by atoms with Crippen molar-refractivity contribution in [2.45, 2.75) is 40.5 Å². The molecule has 2 heterocycles. The van der Waals surface area contributed by atoms with Crippen LogP contribution in [0.5, 0.6) is 0 Å². The number of nitrogens with one attached hydrogen (secondary N) is 2. The van der Waals surface area contributed by atoms with E-state index >= 15 is 0 Å². The Balaban J connectivity index is 2.44. The first-order valence-corrected chi connectivity index (χ1v) is 7.39. The number of amides is 1. The summed E-state index contributed by atoms with van der Waals surface area (Å²) in [4.78, 5) is 30.8. The Labute approximate surface area is 128 Å². The average molecular weight is 303 g/mol. The van der Waals surface area contributed by atoms with Crippen LogP contribution >= 0.6 is 0 Å². The highest BCUT2D eigenvalue weighted by atomic mass is 16.2. The number of carbonyl (C=O) groups is 1. The van der Waals surface area contributed by atoms with E-state index in [0.717, 1.165) is 12.1 Å². The SMILES string of the molecule is CCCc1cc(=O)[nH]c(-n2nc(C)cc2NC(=O)C(C)C)n1. The summed E-state index contributed by atoms with van der Waals surface area (Å²) >= 11 is 0. The lowest BCUT2D eigenvalue weighted by Crippen LogP contribution is -2.22. The third-order valence-corrected chi connectivity index (χ3v) is 3.10. The van der Waals surface area contributed by atoms with Crippen LogP contribution in [-0.2, 0) is 11.2 Å². The average Bonchev–Trinajstić information content (AvgIpc) is 2.79. The molecule has 1 amide bonds. The fourth-order valence-electron chi connectivity index (χ4n) is 2.00. The molecule has 0 spiro atoms. The van der Waals surface area contributed by atoms with Gasteiger partial charge in [0.25, 0.3) is 5.56 Å². The molecule has 0 atom stereocenters. The molecule has 0 aromatic carbocycles. The van der Waals surface area contributed by atoms with Gasteiger partial charge in [0.15, 0.2) is 0 Å². The van der Waals surface area contributed by atoms with Crippen LogP contribution in [0.25, 0.3) is 5.95 Å². The predicted molar refractivity (Wildman–Crippen MR) is 84.2 cm³/mol. The number of carbonyl (C=O) groups excluding carboxylic acids is 1. The van der Waals surface area contributed by atoms with Crippen LogP contribution in [0.1, 0.15) is 38.6 Å². The number of aromatic amines is 1.